The molecule has 136 valence electrons. The van der Waals surface area contributed by atoms with Crippen molar-refractivity contribution in [2.24, 2.45) is 0 Å². The lowest BCUT2D eigenvalue weighted by Gasteiger charge is -2.14. The first kappa shape index (κ1) is 17.1. The van der Waals surface area contributed by atoms with E-state index in [4.69, 9.17) is 0 Å². The van der Waals surface area contributed by atoms with E-state index in [1.807, 2.05) is 0 Å². The monoisotopic (exact) mass is 381 g/mol. The molecular formula is C17H14F3N3O2S. The van der Waals surface area contributed by atoms with Gasteiger partial charge in [0.15, 0.2) is 22.6 Å². The van der Waals surface area contributed by atoms with Gasteiger partial charge in [0.1, 0.15) is 0 Å². The van der Waals surface area contributed by atoms with E-state index >= 15 is 0 Å². The molecule has 4 rings (SSSR count). The molecular weight excluding hydrogens is 367 g/mol. The van der Waals surface area contributed by atoms with Crippen LogP contribution in [0.1, 0.15) is 30.1 Å². The van der Waals surface area contributed by atoms with Crippen molar-refractivity contribution in [3.8, 4) is 0 Å². The Morgan fingerprint density at radius 2 is 2.08 bits per heavy atom. The van der Waals surface area contributed by atoms with Gasteiger partial charge in [0.05, 0.1) is 17.4 Å². The van der Waals surface area contributed by atoms with Crippen molar-refractivity contribution in [2.45, 2.75) is 36.9 Å². The van der Waals surface area contributed by atoms with Crippen LogP contribution in [0.4, 0.5) is 18.9 Å². The minimum atomic E-state index is -1.64. The third-order valence-corrected chi connectivity index (χ3v) is 5.70. The molecule has 2 aromatic rings. The maximum absolute atomic E-state index is 13.7. The van der Waals surface area contributed by atoms with Crippen molar-refractivity contribution >= 4 is 23.4 Å². The number of carbonyl (C=O) groups excluding carboxylic acids is 1. The number of thioether (sulfide) groups is 1. The Kier molecular flexibility index (Phi) is 4.26. The van der Waals surface area contributed by atoms with Gasteiger partial charge in [0.25, 0.3) is 5.56 Å². The summed E-state index contributed by atoms with van der Waals surface area (Å²) in [6.45, 7) is 0. The van der Waals surface area contributed by atoms with Gasteiger partial charge in [-0.3, -0.25) is 14.2 Å². The van der Waals surface area contributed by atoms with E-state index in [0.29, 0.717) is 22.9 Å². The summed E-state index contributed by atoms with van der Waals surface area (Å²) >= 11 is 1.40. The molecule has 0 radical (unpaired) electrons. The molecule has 2 aliphatic rings. The number of carbonyl (C=O) groups is 1. The summed E-state index contributed by atoms with van der Waals surface area (Å²) < 4.78 is 41.4. The number of amides is 1. The van der Waals surface area contributed by atoms with Crippen molar-refractivity contribution in [2.75, 3.05) is 11.1 Å². The highest BCUT2D eigenvalue weighted by atomic mass is 32.2. The molecule has 26 heavy (non-hydrogen) atoms. The maximum atomic E-state index is 13.7. The number of rotatable bonds is 3. The van der Waals surface area contributed by atoms with Crippen LogP contribution in [0.25, 0.3) is 0 Å². The van der Waals surface area contributed by atoms with Gasteiger partial charge in [-0.25, -0.2) is 18.2 Å². The van der Waals surface area contributed by atoms with Crippen molar-refractivity contribution in [3.63, 3.8) is 0 Å². The van der Waals surface area contributed by atoms with Crippen molar-refractivity contribution in [1.29, 1.82) is 0 Å². The van der Waals surface area contributed by atoms with Crippen LogP contribution >= 0.6 is 11.8 Å². The molecule has 1 aromatic carbocycles. The normalized spacial score (nSPS) is 17.9. The number of nitrogens with zero attached hydrogens (tertiary/aromatic N) is 2. The van der Waals surface area contributed by atoms with Crippen molar-refractivity contribution in [3.05, 3.63) is 51.2 Å². The molecule has 1 N–H and O–H groups in total. The van der Waals surface area contributed by atoms with E-state index in [1.54, 1.807) is 0 Å². The van der Waals surface area contributed by atoms with Crippen LogP contribution in [-0.2, 0) is 17.6 Å². The predicted octanol–water partition coefficient (Wildman–Crippen LogP) is 2.82. The summed E-state index contributed by atoms with van der Waals surface area (Å²) in [5, 5.41) is 2.83. The third-order valence-electron chi connectivity index (χ3n) is 4.60. The predicted molar refractivity (Wildman–Crippen MR) is 89.8 cm³/mol. The molecule has 1 aromatic heterocycles. The molecule has 0 saturated heterocycles. The molecule has 1 unspecified atom stereocenters. The molecule has 0 spiro atoms. The molecule has 0 saturated carbocycles. The van der Waals surface area contributed by atoms with Crippen LogP contribution in [0.2, 0.25) is 0 Å². The van der Waals surface area contributed by atoms with E-state index < -0.39 is 35.1 Å². The fraction of sp³-hybridized carbons (Fsp3) is 0.353. The van der Waals surface area contributed by atoms with Gasteiger partial charge in [-0.2, -0.15) is 0 Å². The Morgan fingerprint density at radius 1 is 1.27 bits per heavy atom. The SMILES string of the molecule is O=C(CC1CSc2nc3c(c(=O)n21)CCC3)Nc1ccc(F)c(F)c1F. The molecule has 2 heterocycles. The molecule has 1 amide bonds. The number of hydrogen-bond donors (Lipinski definition) is 1. The van der Waals surface area contributed by atoms with E-state index in [9.17, 15) is 22.8 Å². The lowest BCUT2D eigenvalue weighted by Crippen LogP contribution is -2.30. The van der Waals surface area contributed by atoms with Gasteiger partial charge in [0.2, 0.25) is 5.91 Å². The molecule has 5 nitrogen and oxygen atoms in total. The molecule has 0 bridgehead atoms. The van der Waals surface area contributed by atoms with Crippen LogP contribution in [0, 0.1) is 17.5 Å². The largest absolute Gasteiger partial charge is 0.323 e. The van der Waals surface area contributed by atoms with Crippen molar-refractivity contribution < 1.29 is 18.0 Å². The van der Waals surface area contributed by atoms with Crippen LogP contribution in [0.5, 0.6) is 0 Å². The number of benzene rings is 1. The Labute approximate surface area is 150 Å². The second-order valence-corrected chi connectivity index (χ2v) is 7.28. The average Bonchev–Trinajstić information content (AvgIpc) is 3.23. The lowest BCUT2D eigenvalue weighted by atomic mass is 10.2. The number of nitrogens with one attached hydrogen (secondary N) is 1. The zero-order valence-corrected chi connectivity index (χ0v) is 14.3. The fourth-order valence-electron chi connectivity index (χ4n) is 3.34. The molecule has 0 fully saturated rings. The number of halogens is 3. The van der Waals surface area contributed by atoms with Gasteiger partial charge in [-0.05, 0) is 31.4 Å². The topological polar surface area (TPSA) is 64.0 Å². The lowest BCUT2D eigenvalue weighted by molar-refractivity contribution is -0.116. The Bertz CT molecular complexity index is 977. The second-order valence-electron chi connectivity index (χ2n) is 6.29. The first-order chi connectivity index (χ1) is 12.5. The summed E-state index contributed by atoms with van der Waals surface area (Å²) in [7, 11) is 0. The van der Waals surface area contributed by atoms with Gasteiger partial charge in [-0.1, -0.05) is 11.8 Å². The number of anilines is 1. The highest BCUT2D eigenvalue weighted by Crippen LogP contribution is 2.34. The molecule has 1 aliphatic heterocycles. The third kappa shape index (κ3) is 2.80. The summed E-state index contributed by atoms with van der Waals surface area (Å²) in [5.41, 5.74) is 0.986. The van der Waals surface area contributed by atoms with E-state index in [1.165, 1.54) is 16.3 Å². The average molecular weight is 381 g/mol. The minimum Gasteiger partial charge on any atom is -0.323 e. The first-order valence-corrected chi connectivity index (χ1v) is 9.14. The van der Waals surface area contributed by atoms with Gasteiger partial charge in [-0.15, -0.1) is 0 Å². The Balaban J connectivity index is 1.54. The molecule has 9 heteroatoms. The number of fused-ring (bicyclic) bond motifs is 2. The maximum Gasteiger partial charge on any atom is 0.257 e. The Hall–Kier alpha value is -2.29. The Morgan fingerprint density at radius 3 is 2.88 bits per heavy atom. The summed E-state index contributed by atoms with van der Waals surface area (Å²) in [6.07, 6.45) is 2.29. The second kappa shape index (κ2) is 6.46. The minimum absolute atomic E-state index is 0.0845. The zero-order chi connectivity index (χ0) is 18.4. The fourth-order valence-corrected chi connectivity index (χ4v) is 4.49. The quantitative estimate of drug-likeness (QED) is 0.656. The molecule has 1 atom stereocenters. The summed E-state index contributed by atoms with van der Waals surface area (Å²) in [4.78, 5) is 29.4. The van der Waals surface area contributed by atoms with E-state index in [0.717, 1.165) is 30.7 Å². The van der Waals surface area contributed by atoms with E-state index in [-0.39, 0.29) is 12.0 Å². The number of hydrogen-bond acceptors (Lipinski definition) is 4. The van der Waals surface area contributed by atoms with Crippen LogP contribution in [0.15, 0.2) is 22.1 Å². The summed E-state index contributed by atoms with van der Waals surface area (Å²) in [5.74, 6) is -4.50. The smallest absolute Gasteiger partial charge is 0.257 e. The number of aromatic nitrogens is 2. The van der Waals surface area contributed by atoms with Crippen molar-refractivity contribution in [1.82, 2.24) is 9.55 Å². The number of aryl methyl sites for hydroxylation is 1. The standard InChI is InChI=1S/C17H14F3N3O2S/c18-10-4-5-12(15(20)14(10)19)21-13(24)6-8-7-26-17-22-11-3-1-2-9(11)16(25)23(8)17/h4-5,8H,1-3,6-7H2,(H,21,24). The van der Waals surface area contributed by atoms with Crippen LogP contribution in [0.3, 0.4) is 0 Å². The zero-order valence-electron chi connectivity index (χ0n) is 13.5. The summed E-state index contributed by atoms with van der Waals surface area (Å²) in [6, 6.07) is 1.30. The van der Waals surface area contributed by atoms with Gasteiger partial charge < -0.3 is 5.32 Å². The highest BCUT2D eigenvalue weighted by Gasteiger charge is 2.31. The highest BCUT2D eigenvalue weighted by molar-refractivity contribution is 7.99. The first-order valence-electron chi connectivity index (χ1n) is 8.16. The van der Waals surface area contributed by atoms with Gasteiger partial charge in [0, 0.05) is 17.7 Å². The molecule has 1 aliphatic carbocycles. The van der Waals surface area contributed by atoms with E-state index in [2.05, 4.69) is 10.3 Å². The van der Waals surface area contributed by atoms with Crippen LogP contribution in [-0.4, -0.2) is 21.2 Å². The van der Waals surface area contributed by atoms with Crippen LogP contribution < -0.4 is 10.9 Å². The van der Waals surface area contributed by atoms with Gasteiger partial charge >= 0.3 is 0 Å².